The third-order valence-corrected chi connectivity index (χ3v) is 2.79. The van der Waals surface area contributed by atoms with Gasteiger partial charge in [0.15, 0.2) is 0 Å². The van der Waals surface area contributed by atoms with Crippen LogP contribution in [0.1, 0.15) is 12.2 Å². The molecule has 0 aliphatic carbocycles. The molecule has 1 rings (SSSR count). The maximum absolute atomic E-state index is 10.8. The van der Waals surface area contributed by atoms with Crippen LogP contribution in [0.4, 0.5) is 0 Å². The average Bonchev–Trinajstić information content (AvgIpc) is 2.05. The van der Waals surface area contributed by atoms with Gasteiger partial charge in [-0.3, -0.25) is 9.35 Å². The van der Waals surface area contributed by atoms with Crippen molar-refractivity contribution in [1.82, 2.24) is 0 Å². The van der Waals surface area contributed by atoms with Crippen molar-refractivity contribution in [2.24, 2.45) is 0 Å². The van der Waals surface area contributed by atoms with Crippen LogP contribution in [0.2, 0.25) is 0 Å². The minimum Gasteiger partial charge on any atom is -1.00 e. The van der Waals surface area contributed by atoms with E-state index in [4.69, 9.17) is 14.8 Å². The molecule has 6 nitrogen and oxygen atoms in total. The Bertz CT molecular complexity index is 471. The van der Waals surface area contributed by atoms with E-state index in [2.05, 4.69) is 0 Å². The van der Waals surface area contributed by atoms with Crippen LogP contribution in [0.25, 0.3) is 0 Å². The van der Waals surface area contributed by atoms with Crippen molar-refractivity contribution in [3.05, 3.63) is 29.8 Å². The van der Waals surface area contributed by atoms with Crippen molar-refractivity contribution in [3.63, 3.8) is 0 Å². The fourth-order valence-electron chi connectivity index (χ4n) is 1.09. The van der Waals surface area contributed by atoms with E-state index in [1.54, 1.807) is 0 Å². The molecule has 1 atom stereocenters. The molecule has 1 aromatic rings. The third-order valence-electron chi connectivity index (χ3n) is 1.72. The van der Waals surface area contributed by atoms with Gasteiger partial charge in [0, 0.05) is 0 Å². The SMILES string of the molecule is O=C(O)C(c1ccc(O)cc1)S(=O)(=O)O.[H-].[Na+]. The van der Waals surface area contributed by atoms with Gasteiger partial charge >= 0.3 is 35.5 Å². The molecule has 0 aliphatic rings. The van der Waals surface area contributed by atoms with Crippen LogP contribution in [0.15, 0.2) is 24.3 Å². The van der Waals surface area contributed by atoms with Gasteiger partial charge in [-0.25, -0.2) is 0 Å². The number of phenolic OH excluding ortho intramolecular Hbond substituents is 1. The predicted octanol–water partition coefficient (Wildman–Crippen LogP) is -2.48. The Kier molecular flexibility index (Phi) is 5.43. The maximum atomic E-state index is 10.8. The van der Waals surface area contributed by atoms with Crippen molar-refractivity contribution in [2.45, 2.75) is 5.25 Å². The van der Waals surface area contributed by atoms with E-state index in [-0.39, 0.29) is 42.3 Å². The Morgan fingerprint density at radius 3 is 2.00 bits per heavy atom. The van der Waals surface area contributed by atoms with E-state index in [1.165, 1.54) is 0 Å². The number of carboxylic acids is 1. The minimum atomic E-state index is -4.71. The first kappa shape index (κ1) is 15.4. The summed E-state index contributed by atoms with van der Waals surface area (Å²) in [6, 6.07) is 4.50. The van der Waals surface area contributed by atoms with Gasteiger partial charge in [-0.15, -0.1) is 0 Å². The summed E-state index contributed by atoms with van der Waals surface area (Å²) in [6.07, 6.45) is 0. The van der Waals surface area contributed by atoms with Crippen molar-refractivity contribution in [3.8, 4) is 5.75 Å². The van der Waals surface area contributed by atoms with E-state index in [0.717, 1.165) is 24.3 Å². The molecule has 84 valence electrons. The Morgan fingerprint density at radius 1 is 1.25 bits per heavy atom. The smallest absolute Gasteiger partial charge is 1.00 e. The number of carbonyl (C=O) groups is 1. The third kappa shape index (κ3) is 3.76. The van der Waals surface area contributed by atoms with Gasteiger partial charge in [-0.2, -0.15) is 8.42 Å². The van der Waals surface area contributed by atoms with Crippen LogP contribution in [-0.4, -0.2) is 29.2 Å². The number of benzene rings is 1. The van der Waals surface area contributed by atoms with Crippen LogP contribution in [0, 0.1) is 0 Å². The maximum Gasteiger partial charge on any atom is 1.00 e. The van der Waals surface area contributed by atoms with Crippen LogP contribution in [0.5, 0.6) is 5.75 Å². The minimum absolute atomic E-state index is 0. The Hall–Kier alpha value is -0.600. The molecule has 0 saturated heterocycles. The number of hydrogen-bond acceptors (Lipinski definition) is 4. The molecule has 0 aliphatic heterocycles. The van der Waals surface area contributed by atoms with Crippen LogP contribution < -0.4 is 29.6 Å². The zero-order chi connectivity index (χ0) is 11.6. The predicted molar refractivity (Wildman–Crippen MR) is 51.1 cm³/mol. The molecular weight excluding hydrogens is 247 g/mol. The summed E-state index contributed by atoms with van der Waals surface area (Å²) in [7, 11) is -4.71. The van der Waals surface area contributed by atoms with Gasteiger partial charge in [0.25, 0.3) is 10.1 Å². The molecule has 1 aromatic carbocycles. The zero-order valence-electron chi connectivity index (χ0n) is 9.36. The van der Waals surface area contributed by atoms with Crippen molar-refractivity contribution in [2.75, 3.05) is 0 Å². The molecule has 3 N–H and O–H groups in total. The Labute approximate surface area is 115 Å². The second-order valence-corrected chi connectivity index (χ2v) is 4.33. The molecule has 0 aromatic heterocycles. The number of hydrogen-bond donors (Lipinski definition) is 3. The fourth-order valence-corrected chi connectivity index (χ4v) is 1.85. The van der Waals surface area contributed by atoms with E-state index >= 15 is 0 Å². The van der Waals surface area contributed by atoms with Gasteiger partial charge < -0.3 is 11.6 Å². The normalized spacial score (nSPS) is 12.6. The van der Waals surface area contributed by atoms with E-state index in [1.807, 2.05) is 0 Å². The molecule has 0 heterocycles. The topological polar surface area (TPSA) is 112 Å². The second kappa shape index (κ2) is 5.65. The molecule has 8 heteroatoms. The number of carboxylic acid groups (broad SMARTS) is 1. The summed E-state index contributed by atoms with van der Waals surface area (Å²) < 4.78 is 30.2. The zero-order valence-corrected chi connectivity index (χ0v) is 11.2. The monoisotopic (exact) mass is 256 g/mol. The fraction of sp³-hybridized carbons (Fsp3) is 0.125. The first-order chi connectivity index (χ1) is 6.82. The number of aromatic hydroxyl groups is 1. The molecule has 0 saturated carbocycles. The summed E-state index contributed by atoms with van der Waals surface area (Å²) >= 11 is 0. The van der Waals surface area contributed by atoms with Crippen molar-refractivity contribution in [1.29, 1.82) is 0 Å². The quantitative estimate of drug-likeness (QED) is 0.408. The molecule has 1 unspecified atom stereocenters. The molecule has 0 fully saturated rings. The van der Waals surface area contributed by atoms with Gasteiger partial charge in [-0.1, -0.05) is 12.1 Å². The Morgan fingerprint density at radius 2 is 1.69 bits per heavy atom. The largest absolute Gasteiger partial charge is 1.00 e. The van der Waals surface area contributed by atoms with Crippen molar-refractivity contribution < 1.29 is 59.0 Å². The van der Waals surface area contributed by atoms with Gasteiger partial charge in [0.05, 0.1) is 0 Å². The van der Waals surface area contributed by atoms with E-state index in [0.29, 0.717) is 0 Å². The van der Waals surface area contributed by atoms with E-state index in [9.17, 15) is 13.2 Å². The van der Waals surface area contributed by atoms with Crippen molar-refractivity contribution >= 4 is 16.1 Å². The number of aliphatic carboxylic acids is 1. The first-order valence-corrected chi connectivity index (χ1v) is 5.30. The summed E-state index contributed by atoms with van der Waals surface area (Å²) in [5.74, 6) is -1.80. The molecule has 16 heavy (non-hydrogen) atoms. The number of rotatable bonds is 3. The molecule has 0 radical (unpaired) electrons. The van der Waals surface area contributed by atoms with Crippen LogP contribution in [-0.2, 0) is 14.9 Å². The van der Waals surface area contributed by atoms with Gasteiger partial charge in [-0.05, 0) is 17.7 Å². The standard InChI is InChI=1S/C8H8O6S.Na.H/c9-6-3-1-5(2-4-6)7(8(10)11)15(12,13)14;;/h1-4,7,9H,(H,10,11)(H,12,13,14);;/q;+1;-1. The van der Waals surface area contributed by atoms with Crippen LogP contribution in [0.3, 0.4) is 0 Å². The number of phenols is 1. The molecule has 0 amide bonds. The Balaban J connectivity index is 0. The second-order valence-electron chi connectivity index (χ2n) is 2.82. The molecule has 0 spiro atoms. The van der Waals surface area contributed by atoms with Gasteiger partial charge in [0.1, 0.15) is 5.75 Å². The summed E-state index contributed by atoms with van der Waals surface area (Å²) in [4.78, 5) is 10.6. The molecule has 0 bridgehead atoms. The first-order valence-electron chi connectivity index (χ1n) is 3.80. The summed E-state index contributed by atoms with van der Waals surface area (Å²) in [5, 5.41) is 15.5. The average molecular weight is 256 g/mol. The molecular formula is C8H9NaO6S. The van der Waals surface area contributed by atoms with Crippen LogP contribution >= 0.6 is 0 Å². The van der Waals surface area contributed by atoms with E-state index < -0.39 is 21.3 Å². The van der Waals surface area contributed by atoms with Gasteiger partial charge in [0.2, 0.25) is 5.25 Å². The summed E-state index contributed by atoms with van der Waals surface area (Å²) in [5.41, 5.74) is -0.122. The summed E-state index contributed by atoms with van der Waals surface area (Å²) in [6.45, 7) is 0.